The predicted octanol–water partition coefficient (Wildman–Crippen LogP) is 13.6. The van der Waals surface area contributed by atoms with E-state index in [-0.39, 0.29) is 176 Å². The summed E-state index contributed by atoms with van der Waals surface area (Å²) in [6.45, 7) is 14.2. The van der Waals surface area contributed by atoms with Crippen LogP contribution in [0.1, 0.15) is 245 Å². The van der Waals surface area contributed by atoms with Crippen LogP contribution in [0.5, 0.6) is 11.5 Å². The largest absolute Gasteiger partial charge is 1.00 e. The van der Waals surface area contributed by atoms with E-state index in [2.05, 4.69) is 32.4 Å². The van der Waals surface area contributed by atoms with E-state index in [4.69, 9.17) is 44.4 Å². The van der Waals surface area contributed by atoms with E-state index in [1.54, 1.807) is 58.3 Å². The Balaban J connectivity index is 0.000000260. The Kier molecular flexibility index (Phi) is 43.6. The number of carbonyl (C=O) groups excluding carboxylic acids is 11. The number of nitrogens with zero attached hydrogens (tertiary/aromatic N) is 2. The normalized spacial score (nSPS) is 24.0. The molecule has 2 amide bonds. The summed E-state index contributed by atoms with van der Waals surface area (Å²) in [4.78, 5) is 151. The van der Waals surface area contributed by atoms with E-state index in [9.17, 15) is 101 Å². The molecule has 33 heteroatoms. The second-order valence-corrected chi connectivity index (χ2v) is 37.4. The number of hydrogen-bond acceptors (Lipinski definition) is 25. The molecule has 0 bridgehead atoms. The number of carbonyl (C=O) groups is 12. The second-order valence-electron chi connectivity index (χ2n) is 37.4. The van der Waals surface area contributed by atoms with Crippen LogP contribution in [0.4, 0.5) is 28.9 Å². The third-order valence-corrected chi connectivity index (χ3v) is 27.1. The van der Waals surface area contributed by atoms with Gasteiger partial charge in [0.15, 0.2) is 0 Å². The molecule has 22 unspecified atom stereocenters. The molecule has 3 aliphatic heterocycles. The first-order valence-electron chi connectivity index (χ1n) is 49.0. The zero-order valence-corrected chi connectivity index (χ0v) is 83.9. The Morgan fingerprint density at radius 1 is 0.531 bits per heavy atom. The number of allylic oxidation sites excluding steroid dienone is 4. The minimum Gasteiger partial charge on any atom is -0.550 e. The maximum Gasteiger partial charge on any atom is 1.00 e. The van der Waals surface area contributed by atoms with Gasteiger partial charge in [-0.25, -0.2) is 17.6 Å². The number of β-lactam (4-membered cyclic amide) rings is 2. The average molecular weight is 1990 g/mol. The van der Waals surface area contributed by atoms with Crippen LogP contribution in [0.3, 0.4) is 0 Å². The summed E-state index contributed by atoms with van der Waals surface area (Å²) < 4.78 is 106. The molecule has 13 rings (SSSR count). The third kappa shape index (κ3) is 33.0. The van der Waals surface area contributed by atoms with Gasteiger partial charge in [-0.15, -0.1) is 12.8 Å². The Morgan fingerprint density at radius 3 is 1.36 bits per heavy atom. The summed E-state index contributed by atoms with van der Waals surface area (Å²) in [5, 5.41) is 59.7. The zero-order chi connectivity index (χ0) is 104. The van der Waals surface area contributed by atoms with Crippen molar-refractivity contribution >= 4 is 82.9 Å². The number of carboxylic acid groups (broad SMARTS) is 2. The number of aliphatic hydroxyl groups excluding tert-OH is 4. The average Bonchev–Trinajstić information content (AvgIpc) is 0.739. The minimum absolute atomic E-state index is 0. The van der Waals surface area contributed by atoms with Gasteiger partial charge in [0.05, 0.1) is 66.6 Å². The molecule has 7 aliphatic rings. The number of rotatable bonds is 41. The Morgan fingerprint density at radius 2 is 0.944 bits per heavy atom. The van der Waals surface area contributed by atoms with E-state index >= 15 is 0 Å². The van der Waals surface area contributed by atoms with Gasteiger partial charge in [-0.05, 0) is 244 Å². The first-order chi connectivity index (χ1) is 68.2. The van der Waals surface area contributed by atoms with Crippen LogP contribution >= 0.6 is 0 Å². The summed E-state index contributed by atoms with van der Waals surface area (Å²) in [5.74, 6) is -8.99. The van der Waals surface area contributed by atoms with Gasteiger partial charge < -0.3 is 83.1 Å². The monoisotopic (exact) mass is 1990 g/mol. The maximum absolute atomic E-state index is 13.9. The van der Waals surface area contributed by atoms with Crippen LogP contribution in [0.15, 0.2) is 193 Å². The topological polar surface area (TPSA) is 409 Å². The van der Waals surface area contributed by atoms with Crippen LogP contribution in [-0.4, -0.2) is 146 Å². The summed E-state index contributed by atoms with van der Waals surface area (Å²) in [6.07, 6.45) is 16.0. The molecule has 3 fully saturated rings. The van der Waals surface area contributed by atoms with Crippen LogP contribution in [0.25, 0.3) is 0 Å². The summed E-state index contributed by atoms with van der Waals surface area (Å²) in [5.41, 5.74) is 5.52. The molecular formula is C110H127F4N2NaO26. The van der Waals surface area contributed by atoms with Gasteiger partial charge >= 0.3 is 83.3 Å². The quantitative estimate of drug-likeness (QED) is 0.00452. The minimum atomic E-state index is -1.35. The molecule has 4 aliphatic carbocycles. The maximum atomic E-state index is 13.9. The Hall–Kier alpha value is -12.0. The van der Waals surface area contributed by atoms with Crippen LogP contribution < -0.4 is 53.9 Å². The number of cyclic esters (lactones) is 1. The van der Waals surface area contributed by atoms with E-state index in [1.807, 2.05) is 52.0 Å². The van der Waals surface area contributed by atoms with Crippen molar-refractivity contribution in [3.8, 4) is 24.3 Å². The molecule has 0 radical (unpaired) electrons. The van der Waals surface area contributed by atoms with Crippen molar-refractivity contribution in [1.82, 2.24) is 0 Å². The van der Waals surface area contributed by atoms with E-state index in [0.29, 0.717) is 93.1 Å². The molecule has 22 atom stereocenters. The van der Waals surface area contributed by atoms with Gasteiger partial charge in [0.25, 0.3) is 0 Å². The number of ether oxygens (including phenoxy) is 8. The van der Waals surface area contributed by atoms with E-state index in [1.165, 1.54) is 117 Å². The van der Waals surface area contributed by atoms with Crippen molar-refractivity contribution in [2.24, 2.45) is 59.2 Å². The first kappa shape index (κ1) is 113. The molecule has 762 valence electrons. The van der Waals surface area contributed by atoms with Crippen molar-refractivity contribution in [2.75, 3.05) is 9.80 Å². The van der Waals surface area contributed by atoms with E-state index < -0.39 is 162 Å². The van der Waals surface area contributed by atoms with Gasteiger partial charge in [-0.3, -0.25) is 52.7 Å². The van der Waals surface area contributed by atoms with Crippen LogP contribution in [0.2, 0.25) is 0 Å². The number of terminal acetylenes is 1. The summed E-state index contributed by atoms with van der Waals surface area (Å²) in [7, 11) is 0. The van der Waals surface area contributed by atoms with Gasteiger partial charge in [0.2, 0.25) is 11.8 Å². The van der Waals surface area contributed by atoms with Gasteiger partial charge in [-0.2, -0.15) is 0 Å². The van der Waals surface area contributed by atoms with Gasteiger partial charge in [-0.1, -0.05) is 120 Å². The first-order valence-corrected chi connectivity index (χ1v) is 48.5. The molecule has 3 heterocycles. The van der Waals surface area contributed by atoms with Crippen molar-refractivity contribution in [1.29, 1.82) is 0 Å². The summed E-state index contributed by atoms with van der Waals surface area (Å²) in [6, 6.07) is 34.8. The third-order valence-electron chi connectivity index (χ3n) is 27.1. The smallest absolute Gasteiger partial charge is 0.550 e. The predicted molar refractivity (Wildman–Crippen MR) is 510 cm³/mol. The molecule has 143 heavy (non-hydrogen) atoms. The summed E-state index contributed by atoms with van der Waals surface area (Å²) >= 11 is 0. The fourth-order valence-electron chi connectivity index (χ4n) is 19.4. The standard InChI is InChI=1S/C54H61F2NO12.C31H29F2NO7.C23H36O7.C2H2.Na/c1-5-31(2)54(64)69-47-30-43(27-36-10-9-32(3)44(51(36)47)24-23-42-28-40(59)29-50(62)67-42)68-49(61)8-6-7-48(60)66-41-21-13-35(14-22-41)52-45(53(63)57(52)39-19-17-38(56)18-20-39)25-26-46(65-33(4)58)34-11-15-37(55)16-12-34;1-19(35)40-27(20-5-9-22(32)10-6-20)18-17-26-30(34(31(26)39)24-13-11-23(33)12-14-24)21-7-15-25(16-8-21)41-29(38)4-2-3-28(36)37;1-4-13(2)23(29)30-20-11-17(25)9-15-6-5-14(3)19(22(15)20)8-7-16(24)10-18(26)12-21(27)28;1-2;/h9-22,27,31-32,40,42-47,51-52,59H,5-8,23-26,28-30H2,1-4H3;5-16,26-27,30H,2-4,17-18H2,1H3,(H,36,37);5-6,9,13-14,16-20,22,24-26H,4,7-8,10-12H2,1-3H3,(H,27,28);1-2H;/q;;;;+1/p-1/i;;;1D;. The zero-order valence-electron chi connectivity index (χ0n) is 82.9. The Labute approximate surface area is 854 Å². The molecule has 0 aromatic heterocycles. The molecular weight excluding hydrogens is 1860 g/mol. The van der Waals surface area contributed by atoms with Crippen molar-refractivity contribution < 1.29 is 175 Å². The number of esters is 8. The molecule has 28 nitrogen and oxygen atoms in total. The number of amides is 2. The number of carboxylic acids is 2. The molecule has 6 aromatic carbocycles. The molecule has 5 N–H and O–H groups in total. The SMILES string of the molecule is CC(=O)OC(CCC1C(=O)N(c2ccc(F)cc2)C1c1ccc(OC(=O)CCCC(=O)O)cc1)c1ccc(F)cc1.CCC(C)C(=O)OC1CC(O)C=C2C=CC(C)C(CCC(O)CC(O)CC(=O)[O-])C21.CCC(C)C(=O)OC1CC(OC(=O)CCCC(=O)Oc2ccc(C3C(CCC(OC(C)=O)c4ccc(F)cc4)C(=O)N3c3ccc(F)cc3)cc2)C=C2C=CC(C)C(CCC3CC(O)CC(=O)O3)C21.[2H]C#C.[Na+]. The fraction of sp³-hybridized carbons (Fsp3) is 0.473. The number of fused-ring (bicyclic) bond motifs is 2. The van der Waals surface area contributed by atoms with Crippen molar-refractivity contribution in [3.63, 3.8) is 0 Å². The van der Waals surface area contributed by atoms with Crippen molar-refractivity contribution in [2.45, 2.75) is 270 Å². The van der Waals surface area contributed by atoms with Crippen LogP contribution in [-0.2, 0) is 86.0 Å². The molecule has 0 saturated carbocycles. The number of hydrogen-bond donors (Lipinski definition) is 5. The van der Waals surface area contributed by atoms with E-state index in [0.717, 1.165) is 22.3 Å². The fourth-order valence-corrected chi connectivity index (χ4v) is 19.4. The number of halogens is 4. The number of benzene rings is 6. The van der Waals surface area contributed by atoms with Crippen molar-refractivity contribution in [3.05, 3.63) is 239 Å². The number of anilines is 2. The van der Waals surface area contributed by atoms with Gasteiger partial charge in [0.1, 0.15) is 72.8 Å². The molecule has 0 spiro atoms. The van der Waals surface area contributed by atoms with Gasteiger partial charge in [0, 0.05) is 94.4 Å². The Bertz CT molecular complexity index is 5530. The molecule has 6 aromatic rings. The molecule has 3 saturated heterocycles. The van der Waals surface area contributed by atoms with Crippen LogP contribution in [0, 0.1) is 95.3 Å². The number of aliphatic hydroxyl groups is 4. The number of aliphatic carboxylic acids is 2. The second kappa shape index (κ2) is 55.2.